The van der Waals surface area contributed by atoms with Crippen LogP contribution in [-0.2, 0) is 26.0 Å². The minimum atomic E-state index is -3.74. The van der Waals surface area contributed by atoms with E-state index in [0.29, 0.717) is 19.4 Å². The molecule has 1 aromatic rings. The van der Waals surface area contributed by atoms with Gasteiger partial charge < -0.3 is 10.6 Å². The molecule has 3 rings (SSSR count). The number of hydrogen-bond acceptors (Lipinski definition) is 5. The Morgan fingerprint density at radius 1 is 1.28 bits per heavy atom. The van der Waals surface area contributed by atoms with Crippen LogP contribution >= 0.6 is 0 Å². The molecule has 1 aliphatic carbocycles. The van der Waals surface area contributed by atoms with Crippen molar-refractivity contribution in [1.82, 2.24) is 15.5 Å². The van der Waals surface area contributed by atoms with Gasteiger partial charge in [-0.05, 0) is 42.9 Å². The minimum absolute atomic E-state index is 0.0229. The molecule has 1 saturated carbocycles. The molecule has 1 aromatic carbocycles. The fraction of sp³-hybridized carbons (Fsp3) is 0.526. The van der Waals surface area contributed by atoms with Crippen molar-refractivity contribution in [2.24, 2.45) is 11.1 Å². The van der Waals surface area contributed by atoms with Crippen molar-refractivity contribution < 1.29 is 22.8 Å². The van der Waals surface area contributed by atoms with Crippen LogP contribution in [0.3, 0.4) is 0 Å². The van der Waals surface area contributed by atoms with Crippen molar-refractivity contribution in [3.05, 3.63) is 29.8 Å². The molecule has 0 bridgehead atoms. The van der Waals surface area contributed by atoms with E-state index >= 15 is 0 Å². The molecular weight excluding hydrogens is 396 g/mol. The van der Waals surface area contributed by atoms with E-state index in [1.54, 1.807) is 12.1 Å². The van der Waals surface area contributed by atoms with Gasteiger partial charge in [0.2, 0.25) is 15.9 Å². The molecule has 1 spiro atoms. The number of imide groups is 1. The Balaban J connectivity index is 1.52. The first-order valence-electron chi connectivity index (χ1n) is 9.66. The second-order valence-electron chi connectivity index (χ2n) is 7.73. The molecule has 1 heterocycles. The molecule has 29 heavy (non-hydrogen) atoms. The highest BCUT2D eigenvalue weighted by Crippen LogP contribution is 2.38. The number of urea groups is 1. The maximum absolute atomic E-state index is 12.9. The number of carbonyl (C=O) groups is 3. The topological polar surface area (TPSA) is 139 Å². The molecule has 0 unspecified atom stereocenters. The molecular formula is C19H26N4O5S. The summed E-state index contributed by atoms with van der Waals surface area (Å²) in [4.78, 5) is 38.4. The third-order valence-corrected chi connectivity index (χ3v) is 6.72. The highest BCUT2D eigenvalue weighted by atomic mass is 32.2. The van der Waals surface area contributed by atoms with Crippen LogP contribution in [0.5, 0.6) is 0 Å². The first kappa shape index (κ1) is 21.3. The van der Waals surface area contributed by atoms with Crippen molar-refractivity contribution in [2.75, 3.05) is 13.1 Å². The standard InChI is InChI=1S/C19H26N4O5S/c1-13-4-2-3-10-19(13)17(25)23(18(26)22-19)12-16(24)21-11-9-14-5-7-15(8-6-14)29(20,27)28/h5-8,13H,2-4,9-12H2,1H3,(H,21,24)(H,22,26)(H2,20,27,28)/t13-,19+/m0/s1. The van der Waals surface area contributed by atoms with Crippen molar-refractivity contribution in [3.63, 3.8) is 0 Å². The summed E-state index contributed by atoms with van der Waals surface area (Å²) >= 11 is 0. The van der Waals surface area contributed by atoms with Gasteiger partial charge in [-0.2, -0.15) is 0 Å². The smallest absolute Gasteiger partial charge is 0.325 e. The summed E-state index contributed by atoms with van der Waals surface area (Å²) in [5.74, 6) is -0.695. The summed E-state index contributed by atoms with van der Waals surface area (Å²) < 4.78 is 22.5. The van der Waals surface area contributed by atoms with Crippen LogP contribution in [0.15, 0.2) is 29.2 Å². The summed E-state index contributed by atoms with van der Waals surface area (Å²) in [6, 6.07) is 5.54. The highest BCUT2D eigenvalue weighted by molar-refractivity contribution is 7.89. The number of nitrogens with zero attached hydrogens (tertiary/aromatic N) is 1. The number of nitrogens with two attached hydrogens (primary N) is 1. The molecule has 0 aromatic heterocycles. The zero-order valence-electron chi connectivity index (χ0n) is 16.3. The van der Waals surface area contributed by atoms with Gasteiger partial charge >= 0.3 is 6.03 Å². The van der Waals surface area contributed by atoms with Gasteiger partial charge in [-0.15, -0.1) is 0 Å². The van der Waals surface area contributed by atoms with Gasteiger partial charge in [0.05, 0.1) is 4.90 Å². The number of carbonyl (C=O) groups excluding carboxylic acids is 3. The van der Waals surface area contributed by atoms with E-state index in [1.807, 2.05) is 6.92 Å². The predicted octanol–water partition coefficient (Wildman–Crippen LogP) is 0.493. The van der Waals surface area contributed by atoms with Crippen molar-refractivity contribution in [1.29, 1.82) is 0 Å². The number of amides is 4. The van der Waals surface area contributed by atoms with Crippen molar-refractivity contribution >= 4 is 27.9 Å². The van der Waals surface area contributed by atoms with E-state index in [9.17, 15) is 22.8 Å². The van der Waals surface area contributed by atoms with Gasteiger partial charge in [0, 0.05) is 6.54 Å². The lowest BCUT2D eigenvalue weighted by atomic mass is 9.73. The molecule has 10 heteroatoms. The zero-order valence-corrected chi connectivity index (χ0v) is 17.1. The predicted molar refractivity (Wildman–Crippen MR) is 105 cm³/mol. The molecule has 0 radical (unpaired) electrons. The van der Waals surface area contributed by atoms with Gasteiger partial charge in [-0.1, -0.05) is 31.9 Å². The molecule has 4 N–H and O–H groups in total. The van der Waals surface area contributed by atoms with Crippen LogP contribution < -0.4 is 15.8 Å². The van der Waals surface area contributed by atoms with Gasteiger partial charge in [0.15, 0.2) is 0 Å². The summed E-state index contributed by atoms with van der Waals surface area (Å²) in [6.45, 7) is 1.93. The van der Waals surface area contributed by atoms with Crippen LogP contribution in [-0.4, -0.2) is 49.8 Å². The van der Waals surface area contributed by atoms with Crippen LogP contribution in [0.25, 0.3) is 0 Å². The molecule has 2 fully saturated rings. The van der Waals surface area contributed by atoms with E-state index in [1.165, 1.54) is 12.1 Å². The van der Waals surface area contributed by atoms with E-state index in [-0.39, 0.29) is 23.3 Å². The lowest BCUT2D eigenvalue weighted by molar-refractivity contribution is -0.137. The number of nitrogens with one attached hydrogen (secondary N) is 2. The van der Waals surface area contributed by atoms with Crippen molar-refractivity contribution in [3.8, 4) is 0 Å². The summed E-state index contributed by atoms with van der Waals surface area (Å²) in [5, 5.41) is 10.6. The van der Waals surface area contributed by atoms with E-state index in [4.69, 9.17) is 5.14 Å². The average molecular weight is 423 g/mol. The third kappa shape index (κ3) is 4.43. The molecule has 158 valence electrons. The van der Waals surface area contributed by atoms with E-state index < -0.39 is 27.5 Å². The monoisotopic (exact) mass is 422 g/mol. The second kappa shape index (κ2) is 8.11. The van der Waals surface area contributed by atoms with E-state index in [2.05, 4.69) is 10.6 Å². The number of sulfonamides is 1. The fourth-order valence-corrected chi connectivity index (χ4v) is 4.55. The van der Waals surface area contributed by atoms with Gasteiger partial charge in [0.25, 0.3) is 5.91 Å². The number of rotatable bonds is 6. The quantitative estimate of drug-likeness (QED) is 0.573. The zero-order chi connectivity index (χ0) is 21.2. The SMILES string of the molecule is C[C@H]1CCCC[C@@]12NC(=O)N(CC(=O)NCCc1ccc(S(N)(=O)=O)cc1)C2=O. The van der Waals surface area contributed by atoms with Crippen LogP contribution in [0, 0.1) is 5.92 Å². The highest BCUT2D eigenvalue weighted by Gasteiger charge is 2.55. The Morgan fingerprint density at radius 3 is 2.59 bits per heavy atom. The summed E-state index contributed by atoms with van der Waals surface area (Å²) in [5.41, 5.74) is -0.0524. The molecule has 2 aliphatic rings. The largest absolute Gasteiger partial charge is 0.354 e. The first-order valence-corrected chi connectivity index (χ1v) is 11.2. The van der Waals surface area contributed by atoms with Gasteiger partial charge in [-0.3, -0.25) is 14.5 Å². The number of benzene rings is 1. The Kier molecular flexibility index (Phi) is 5.95. The molecule has 2 atom stereocenters. The Hall–Kier alpha value is -2.46. The number of hydrogen-bond donors (Lipinski definition) is 3. The minimum Gasteiger partial charge on any atom is -0.354 e. The van der Waals surface area contributed by atoms with Gasteiger partial charge in [-0.25, -0.2) is 18.4 Å². The Morgan fingerprint density at radius 2 is 1.97 bits per heavy atom. The maximum Gasteiger partial charge on any atom is 0.325 e. The Bertz CT molecular complexity index is 915. The van der Waals surface area contributed by atoms with Crippen molar-refractivity contribution in [2.45, 2.75) is 49.5 Å². The van der Waals surface area contributed by atoms with Crippen LogP contribution in [0.4, 0.5) is 4.79 Å². The number of primary sulfonamides is 1. The molecule has 9 nitrogen and oxygen atoms in total. The fourth-order valence-electron chi connectivity index (χ4n) is 4.03. The summed E-state index contributed by atoms with van der Waals surface area (Å²) in [7, 11) is -3.74. The third-order valence-electron chi connectivity index (χ3n) is 5.79. The second-order valence-corrected chi connectivity index (χ2v) is 9.29. The van der Waals surface area contributed by atoms with Crippen LogP contribution in [0.1, 0.15) is 38.2 Å². The lowest BCUT2D eigenvalue weighted by Gasteiger charge is -2.36. The lowest BCUT2D eigenvalue weighted by Crippen LogP contribution is -2.54. The molecule has 4 amide bonds. The maximum atomic E-state index is 12.9. The first-order chi connectivity index (χ1) is 13.6. The van der Waals surface area contributed by atoms with Gasteiger partial charge in [0.1, 0.15) is 12.1 Å². The molecule has 1 saturated heterocycles. The van der Waals surface area contributed by atoms with Crippen LogP contribution in [0.2, 0.25) is 0 Å². The van der Waals surface area contributed by atoms with E-state index in [0.717, 1.165) is 29.7 Å². The average Bonchev–Trinajstić information content (AvgIpc) is 2.89. The molecule has 1 aliphatic heterocycles. The Labute approximate surface area is 170 Å². The normalized spacial score (nSPS) is 24.6. The summed E-state index contributed by atoms with van der Waals surface area (Å²) in [6.07, 6.45) is 3.85.